The molecule has 7 heteroatoms. The molecule has 1 rings (SSSR count). The number of amides is 2. The number of alkyl halides is 3. The molecule has 0 atom stereocenters. The summed E-state index contributed by atoms with van der Waals surface area (Å²) in [4.78, 5) is 13.4. The highest BCUT2D eigenvalue weighted by atomic mass is 19.4. The van der Waals surface area contributed by atoms with E-state index in [0.29, 0.717) is 12.5 Å². The molecule has 0 unspecified atom stereocenters. The minimum atomic E-state index is -4.36. The van der Waals surface area contributed by atoms with E-state index in [1.165, 1.54) is 0 Å². The maximum absolute atomic E-state index is 11.8. The number of carbonyl (C=O) groups excluding carboxylic acids is 1. The highest BCUT2D eigenvalue weighted by Gasteiger charge is 2.27. The fraction of sp³-hybridized carbons (Fsp3) is 0.909. The second kappa shape index (κ2) is 6.82. The van der Waals surface area contributed by atoms with Crippen molar-refractivity contribution in [3.05, 3.63) is 0 Å². The molecule has 0 aromatic rings. The Morgan fingerprint density at radius 1 is 1.28 bits per heavy atom. The normalized spacial score (nSPS) is 18.7. The molecule has 18 heavy (non-hydrogen) atoms. The zero-order valence-electron chi connectivity index (χ0n) is 10.5. The van der Waals surface area contributed by atoms with E-state index in [2.05, 4.69) is 17.1 Å². The molecule has 2 amide bonds. The Morgan fingerprint density at radius 3 is 2.39 bits per heavy atom. The molecule has 0 aromatic heterocycles. The molecule has 0 saturated carbocycles. The predicted molar refractivity (Wildman–Crippen MR) is 62.3 cm³/mol. The van der Waals surface area contributed by atoms with Gasteiger partial charge in [0.1, 0.15) is 6.54 Å². The number of urea groups is 1. The second-order valence-corrected chi connectivity index (χ2v) is 4.56. The van der Waals surface area contributed by atoms with Crippen molar-refractivity contribution in [1.82, 2.24) is 15.5 Å². The summed E-state index contributed by atoms with van der Waals surface area (Å²) in [7, 11) is 0. The third-order valence-electron chi connectivity index (χ3n) is 3.16. The van der Waals surface area contributed by atoms with Crippen molar-refractivity contribution >= 4 is 6.03 Å². The van der Waals surface area contributed by atoms with Gasteiger partial charge < -0.3 is 15.5 Å². The molecular weight excluding hydrogens is 247 g/mol. The Bertz CT molecular complexity index is 263. The first-order valence-electron chi connectivity index (χ1n) is 6.21. The summed E-state index contributed by atoms with van der Waals surface area (Å²) >= 11 is 0. The van der Waals surface area contributed by atoms with Crippen LogP contribution in [0.4, 0.5) is 18.0 Å². The van der Waals surface area contributed by atoms with Crippen molar-refractivity contribution in [2.45, 2.75) is 25.9 Å². The lowest BCUT2D eigenvalue weighted by atomic mass is 9.97. The molecule has 106 valence electrons. The monoisotopic (exact) mass is 267 g/mol. The maximum Gasteiger partial charge on any atom is 0.405 e. The van der Waals surface area contributed by atoms with Crippen LogP contribution in [0.2, 0.25) is 0 Å². The van der Waals surface area contributed by atoms with Crippen LogP contribution in [0.1, 0.15) is 19.8 Å². The largest absolute Gasteiger partial charge is 0.405 e. The van der Waals surface area contributed by atoms with Gasteiger partial charge in [-0.1, -0.05) is 6.92 Å². The molecule has 0 aliphatic carbocycles. The Morgan fingerprint density at radius 2 is 1.89 bits per heavy atom. The molecule has 4 nitrogen and oxygen atoms in total. The van der Waals surface area contributed by atoms with Crippen molar-refractivity contribution in [2.75, 3.05) is 32.7 Å². The van der Waals surface area contributed by atoms with E-state index < -0.39 is 18.8 Å². The zero-order chi connectivity index (χ0) is 13.6. The number of carbonyl (C=O) groups is 1. The molecule has 1 saturated heterocycles. The van der Waals surface area contributed by atoms with Gasteiger partial charge in [0.15, 0.2) is 0 Å². The van der Waals surface area contributed by atoms with Gasteiger partial charge in [0.2, 0.25) is 0 Å². The van der Waals surface area contributed by atoms with Gasteiger partial charge in [0.25, 0.3) is 0 Å². The van der Waals surface area contributed by atoms with Crippen LogP contribution in [0, 0.1) is 5.92 Å². The summed E-state index contributed by atoms with van der Waals surface area (Å²) in [6, 6.07) is -0.745. The molecular formula is C11H20F3N3O. The molecule has 1 aliphatic heterocycles. The molecule has 0 aromatic carbocycles. The summed E-state index contributed by atoms with van der Waals surface area (Å²) in [5.74, 6) is 0.365. The van der Waals surface area contributed by atoms with Crippen molar-refractivity contribution < 1.29 is 18.0 Å². The van der Waals surface area contributed by atoms with Gasteiger partial charge in [-0.3, -0.25) is 0 Å². The Kier molecular flexibility index (Phi) is 5.71. The number of halogens is 3. The topological polar surface area (TPSA) is 44.4 Å². The Balaban J connectivity index is 2.12. The second-order valence-electron chi connectivity index (χ2n) is 4.56. The first-order valence-corrected chi connectivity index (χ1v) is 6.21. The van der Waals surface area contributed by atoms with Crippen LogP contribution in [0.15, 0.2) is 0 Å². The van der Waals surface area contributed by atoms with Crippen LogP contribution in [0.3, 0.4) is 0 Å². The van der Waals surface area contributed by atoms with Crippen molar-refractivity contribution in [3.63, 3.8) is 0 Å². The summed E-state index contributed by atoms with van der Waals surface area (Å²) < 4.78 is 35.5. The van der Waals surface area contributed by atoms with Gasteiger partial charge >= 0.3 is 12.2 Å². The van der Waals surface area contributed by atoms with E-state index in [9.17, 15) is 18.0 Å². The van der Waals surface area contributed by atoms with E-state index >= 15 is 0 Å². The standard InChI is InChI=1S/C11H20F3N3O/c1-2-17-5-3-9(4-6-17)7-15-10(18)16-8-11(12,13)14/h9H,2-8H2,1H3,(H2,15,16,18). The molecule has 1 fully saturated rings. The van der Waals surface area contributed by atoms with E-state index in [4.69, 9.17) is 0 Å². The van der Waals surface area contributed by atoms with Crippen LogP contribution in [-0.4, -0.2) is 49.8 Å². The third-order valence-corrected chi connectivity index (χ3v) is 3.16. The molecule has 0 radical (unpaired) electrons. The van der Waals surface area contributed by atoms with Crippen molar-refractivity contribution in [3.8, 4) is 0 Å². The van der Waals surface area contributed by atoms with E-state index in [1.807, 2.05) is 0 Å². The number of piperidine rings is 1. The number of rotatable bonds is 4. The third kappa shape index (κ3) is 6.09. The smallest absolute Gasteiger partial charge is 0.338 e. The lowest BCUT2D eigenvalue weighted by Crippen LogP contribution is -2.44. The first-order chi connectivity index (χ1) is 8.40. The molecule has 0 spiro atoms. The number of nitrogens with zero attached hydrogens (tertiary/aromatic N) is 1. The minimum Gasteiger partial charge on any atom is -0.338 e. The highest BCUT2D eigenvalue weighted by molar-refractivity contribution is 5.73. The van der Waals surface area contributed by atoms with Gasteiger partial charge in [0.05, 0.1) is 0 Å². The van der Waals surface area contributed by atoms with Gasteiger partial charge in [-0.15, -0.1) is 0 Å². The summed E-state index contributed by atoms with van der Waals surface area (Å²) in [5, 5.41) is 4.29. The number of likely N-dealkylation sites (tertiary alicyclic amines) is 1. The van der Waals surface area contributed by atoms with Crippen LogP contribution < -0.4 is 10.6 Å². The lowest BCUT2D eigenvalue weighted by molar-refractivity contribution is -0.122. The maximum atomic E-state index is 11.8. The van der Waals surface area contributed by atoms with Crippen LogP contribution in [0.25, 0.3) is 0 Å². The van der Waals surface area contributed by atoms with Gasteiger partial charge in [-0.05, 0) is 38.4 Å². The van der Waals surface area contributed by atoms with E-state index in [1.54, 1.807) is 5.32 Å². The van der Waals surface area contributed by atoms with Gasteiger partial charge in [0, 0.05) is 6.54 Å². The lowest BCUT2D eigenvalue weighted by Gasteiger charge is -2.31. The molecule has 1 aliphatic rings. The highest BCUT2D eigenvalue weighted by Crippen LogP contribution is 2.16. The molecule has 1 heterocycles. The van der Waals surface area contributed by atoms with Gasteiger partial charge in [-0.25, -0.2) is 4.79 Å². The first kappa shape index (κ1) is 15.1. The van der Waals surface area contributed by atoms with Gasteiger partial charge in [-0.2, -0.15) is 13.2 Å². The Labute approximate surface area is 105 Å². The fourth-order valence-electron chi connectivity index (χ4n) is 1.99. The van der Waals surface area contributed by atoms with Crippen LogP contribution in [0.5, 0.6) is 0 Å². The minimum absolute atomic E-state index is 0.365. The summed E-state index contributed by atoms with van der Waals surface area (Å²) in [6.45, 7) is 4.27. The van der Waals surface area contributed by atoms with Crippen LogP contribution in [-0.2, 0) is 0 Å². The average molecular weight is 267 g/mol. The predicted octanol–water partition coefficient (Wildman–Crippen LogP) is 1.58. The zero-order valence-corrected chi connectivity index (χ0v) is 10.5. The number of hydrogen-bond donors (Lipinski definition) is 2. The quantitative estimate of drug-likeness (QED) is 0.812. The summed E-state index contributed by atoms with van der Waals surface area (Å²) in [5.41, 5.74) is 0. The number of nitrogens with one attached hydrogen (secondary N) is 2. The molecule has 0 bridgehead atoms. The van der Waals surface area contributed by atoms with E-state index in [0.717, 1.165) is 32.5 Å². The average Bonchev–Trinajstić information content (AvgIpc) is 2.33. The van der Waals surface area contributed by atoms with Crippen molar-refractivity contribution in [2.24, 2.45) is 5.92 Å². The SMILES string of the molecule is CCN1CCC(CNC(=O)NCC(F)(F)F)CC1. The molecule has 2 N–H and O–H groups in total. The Hall–Kier alpha value is -0.980. The van der Waals surface area contributed by atoms with Crippen molar-refractivity contribution in [1.29, 1.82) is 0 Å². The fourth-order valence-corrected chi connectivity index (χ4v) is 1.99. The van der Waals surface area contributed by atoms with E-state index in [-0.39, 0.29) is 0 Å². The summed E-state index contributed by atoms with van der Waals surface area (Å²) in [6.07, 6.45) is -2.40. The van der Waals surface area contributed by atoms with Crippen LogP contribution >= 0.6 is 0 Å². The number of hydrogen-bond acceptors (Lipinski definition) is 2.